The number of hydrogen-bond donors (Lipinski definition) is 2. The van der Waals surface area contributed by atoms with Gasteiger partial charge in [-0.3, -0.25) is 4.79 Å². The zero-order valence-electron chi connectivity index (χ0n) is 11.3. The van der Waals surface area contributed by atoms with Crippen LogP contribution in [-0.4, -0.2) is 25.5 Å². The third-order valence-corrected chi connectivity index (χ3v) is 4.12. The number of carboxylic acids is 1. The Morgan fingerprint density at radius 2 is 1.79 bits per heavy atom. The number of nitrogens with one attached hydrogen (secondary N) is 1. The molecule has 19 heavy (non-hydrogen) atoms. The van der Waals surface area contributed by atoms with E-state index in [4.69, 9.17) is 5.11 Å². The van der Waals surface area contributed by atoms with E-state index in [2.05, 4.69) is 4.72 Å². The number of benzene rings is 1. The third-order valence-electron chi connectivity index (χ3n) is 2.63. The molecule has 0 saturated carbocycles. The van der Waals surface area contributed by atoms with Crippen LogP contribution in [-0.2, 0) is 14.8 Å². The first kappa shape index (κ1) is 15.7. The lowest BCUT2D eigenvalue weighted by molar-refractivity contribution is -0.139. The maximum absolute atomic E-state index is 12.1. The van der Waals surface area contributed by atoms with Gasteiger partial charge in [0.25, 0.3) is 0 Å². The lowest BCUT2D eigenvalue weighted by Gasteiger charge is -2.16. The number of rotatable bonds is 6. The molecule has 1 unspecified atom stereocenters. The van der Waals surface area contributed by atoms with Crippen molar-refractivity contribution >= 4 is 16.0 Å². The summed E-state index contributed by atoms with van der Waals surface area (Å²) in [6.45, 7) is 5.54. The Morgan fingerprint density at radius 1 is 1.26 bits per heavy atom. The Kier molecular flexibility index (Phi) is 5.08. The highest BCUT2D eigenvalue weighted by Gasteiger charge is 2.25. The molecular weight excluding hydrogens is 266 g/mol. The van der Waals surface area contributed by atoms with Crippen LogP contribution in [0.15, 0.2) is 29.2 Å². The summed E-state index contributed by atoms with van der Waals surface area (Å²) in [5, 5.41) is 9.05. The van der Waals surface area contributed by atoms with Crippen molar-refractivity contribution in [1.82, 2.24) is 4.72 Å². The minimum Gasteiger partial charge on any atom is -0.480 e. The van der Waals surface area contributed by atoms with Gasteiger partial charge >= 0.3 is 5.97 Å². The van der Waals surface area contributed by atoms with Gasteiger partial charge in [-0.25, -0.2) is 8.42 Å². The van der Waals surface area contributed by atoms with Crippen molar-refractivity contribution in [2.45, 2.75) is 38.1 Å². The van der Waals surface area contributed by atoms with Crippen LogP contribution < -0.4 is 4.72 Å². The smallest absolute Gasteiger partial charge is 0.321 e. The first-order chi connectivity index (χ1) is 8.72. The van der Waals surface area contributed by atoms with E-state index in [-0.39, 0.29) is 17.2 Å². The Labute approximate surface area is 113 Å². The maximum Gasteiger partial charge on any atom is 0.321 e. The van der Waals surface area contributed by atoms with Gasteiger partial charge in [0.2, 0.25) is 10.0 Å². The fourth-order valence-electron chi connectivity index (χ4n) is 1.64. The molecule has 0 aliphatic rings. The predicted octanol–water partition coefficient (Wildman–Crippen LogP) is 1.77. The van der Waals surface area contributed by atoms with Crippen molar-refractivity contribution in [3.05, 3.63) is 29.8 Å². The van der Waals surface area contributed by atoms with E-state index in [1.54, 1.807) is 12.1 Å². The molecule has 0 aliphatic heterocycles. The van der Waals surface area contributed by atoms with Gasteiger partial charge in [0.05, 0.1) is 4.90 Å². The topological polar surface area (TPSA) is 83.5 Å². The van der Waals surface area contributed by atoms with Crippen LogP contribution in [0.2, 0.25) is 0 Å². The summed E-state index contributed by atoms with van der Waals surface area (Å²) >= 11 is 0. The summed E-state index contributed by atoms with van der Waals surface area (Å²) in [5.41, 5.74) is 0.941. The molecule has 0 aromatic heterocycles. The fourth-order valence-corrected chi connectivity index (χ4v) is 2.85. The van der Waals surface area contributed by atoms with Crippen LogP contribution >= 0.6 is 0 Å². The predicted molar refractivity (Wildman–Crippen MR) is 72.4 cm³/mol. The summed E-state index contributed by atoms with van der Waals surface area (Å²) in [4.78, 5) is 11.1. The van der Waals surface area contributed by atoms with Crippen molar-refractivity contribution < 1.29 is 18.3 Å². The van der Waals surface area contributed by atoms with E-state index in [1.807, 2.05) is 20.8 Å². The third kappa shape index (κ3) is 4.65. The number of sulfonamides is 1. The number of carbonyl (C=O) groups is 1. The molecule has 1 aromatic carbocycles. The molecule has 106 valence electrons. The summed E-state index contributed by atoms with van der Waals surface area (Å²) in [7, 11) is -3.80. The van der Waals surface area contributed by atoms with Gasteiger partial charge in [-0.05, 0) is 31.4 Å². The number of aryl methyl sites for hydroxylation is 1. The van der Waals surface area contributed by atoms with E-state index < -0.39 is 22.0 Å². The molecule has 0 aliphatic carbocycles. The molecule has 1 atom stereocenters. The van der Waals surface area contributed by atoms with Crippen LogP contribution in [0.4, 0.5) is 0 Å². The highest BCUT2D eigenvalue weighted by molar-refractivity contribution is 7.89. The zero-order valence-corrected chi connectivity index (χ0v) is 12.1. The van der Waals surface area contributed by atoms with Crippen molar-refractivity contribution in [2.24, 2.45) is 5.92 Å². The van der Waals surface area contributed by atoms with Crippen LogP contribution in [0.1, 0.15) is 25.8 Å². The second-order valence-corrected chi connectivity index (χ2v) is 6.67. The average Bonchev–Trinajstić information content (AvgIpc) is 2.27. The van der Waals surface area contributed by atoms with Crippen molar-refractivity contribution in [3.8, 4) is 0 Å². The Bertz CT molecular complexity index is 534. The molecule has 0 fully saturated rings. The molecule has 0 heterocycles. The number of carboxylic acid groups (broad SMARTS) is 1. The molecule has 0 spiro atoms. The Morgan fingerprint density at radius 3 is 2.21 bits per heavy atom. The van der Waals surface area contributed by atoms with Gasteiger partial charge < -0.3 is 5.11 Å². The number of aliphatic carboxylic acids is 1. The highest BCUT2D eigenvalue weighted by atomic mass is 32.2. The molecule has 2 N–H and O–H groups in total. The van der Waals surface area contributed by atoms with Gasteiger partial charge in [-0.1, -0.05) is 31.5 Å². The van der Waals surface area contributed by atoms with E-state index in [9.17, 15) is 13.2 Å². The van der Waals surface area contributed by atoms with Crippen molar-refractivity contribution in [3.63, 3.8) is 0 Å². The lowest BCUT2D eigenvalue weighted by Crippen LogP contribution is -2.41. The maximum atomic E-state index is 12.1. The lowest BCUT2D eigenvalue weighted by atomic mass is 10.1. The molecule has 0 radical (unpaired) electrons. The van der Waals surface area contributed by atoms with Crippen LogP contribution in [0.5, 0.6) is 0 Å². The summed E-state index contributed by atoms with van der Waals surface area (Å²) in [5.74, 6) is -1.08. The summed E-state index contributed by atoms with van der Waals surface area (Å²) < 4.78 is 26.4. The zero-order chi connectivity index (χ0) is 14.6. The molecule has 1 aromatic rings. The monoisotopic (exact) mass is 285 g/mol. The largest absolute Gasteiger partial charge is 0.480 e. The van der Waals surface area contributed by atoms with Gasteiger partial charge in [-0.2, -0.15) is 4.72 Å². The molecule has 5 nitrogen and oxygen atoms in total. The van der Waals surface area contributed by atoms with E-state index in [0.29, 0.717) is 0 Å². The van der Waals surface area contributed by atoms with Gasteiger partial charge in [0.1, 0.15) is 6.04 Å². The molecule has 0 amide bonds. The van der Waals surface area contributed by atoms with Crippen molar-refractivity contribution in [1.29, 1.82) is 0 Å². The fraction of sp³-hybridized carbons (Fsp3) is 0.462. The van der Waals surface area contributed by atoms with Gasteiger partial charge in [-0.15, -0.1) is 0 Å². The highest BCUT2D eigenvalue weighted by Crippen LogP contribution is 2.13. The van der Waals surface area contributed by atoms with Gasteiger partial charge in [0.15, 0.2) is 0 Å². The minimum atomic E-state index is -3.80. The summed E-state index contributed by atoms with van der Waals surface area (Å²) in [6.07, 6.45) is 0.250. The van der Waals surface area contributed by atoms with Crippen LogP contribution in [0, 0.1) is 12.8 Å². The molecule has 0 bridgehead atoms. The van der Waals surface area contributed by atoms with E-state index in [1.165, 1.54) is 12.1 Å². The second-order valence-electron chi connectivity index (χ2n) is 4.95. The summed E-state index contributed by atoms with van der Waals surface area (Å²) in [6, 6.07) is 5.17. The van der Waals surface area contributed by atoms with Crippen molar-refractivity contribution in [2.75, 3.05) is 0 Å². The first-order valence-corrected chi connectivity index (χ1v) is 7.52. The SMILES string of the molecule is Cc1ccc(S(=O)(=O)NC(CC(C)C)C(=O)O)cc1. The first-order valence-electron chi connectivity index (χ1n) is 6.04. The standard InChI is InChI=1S/C13H19NO4S/c1-9(2)8-12(13(15)16)14-19(17,18)11-6-4-10(3)5-7-11/h4-7,9,12,14H,8H2,1-3H3,(H,15,16). The average molecular weight is 285 g/mol. The number of hydrogen-bond acceptors (Lipinski definition) is 3. The van der Waals surface area contributed by atoms with E-state index >= 15 is 0 Å². The van der Waals surface area contributed by atoms with Crippen LogP contribution in [0.25, 0.3) is 0 Å². The minimum absolute atomic E-state index is 0.0770. The Hall–Kier alpha value is -1.40. The van der Waals surface area contributed by atoms with Gasteiger partial charge in [0, 0.05) is 0 Å². The molecule has 1 rings (SSSR count). The quantitative estimate of drug-likeness (QED) is 0.834. The van der Waals surface area contributed by atoms with Crippen LogP contribution in [0.3, 0.4) is 0 Å². The second kappa shape index (κ2) is 6.16. The Balaban J connectivity index is 2.94. The molecule has 0 saturated heterocycles. The molecule has 6 heteroatoms. The van der Waals surface area contributed by atoms with E-state index in [0.717, 1.165) is 5.56 Å². The normalized spacial score (nSPS) is 13.5. The molecular formula is C13H19NO4S.